The molecule has 0 N–H and O–H groups in total. The van der Waals surface area contributed by atoms with E-state index in [0.717, 1.165) is 24.2 Å². The zero-order valence-corrected chi connectivity index (χ0v) is 16.9. The monoisotopic (exact) mass is 419 g/mol. The van der Waals surface area contributed by atoms with Crippen LogP contribution in [0.1, 0.15) is 17.7 Å². The summed E-state index contributed by atoms with van der Waals surface area (Å²) in [6.45, 7) is 1.43. The Morgan fingerprint density at radius 2 is 1.70 bits per heavy atom. The summed E-state index contributed by atoms with van der Waals surface area (Å²) < 4.78 is 48.7. The van der Waals surface area contributed by atoms with Crippen LogP contribution < -0.4 is 9.47 Å². The van der Waals surface area contributed by atoms with Gasteiger partial charge in [0.1, 0.15) is 5.75 Å². The number of alkyl halides is 3. The van der Waals surface area contributed by atoms with Crippen LogP contribution in [0.15, 0.2) is 60.7 Å². The van der Waals surface area contributed by atoms with E-state index in [2.05, 4.69) is 14.7 Å². The highest BCUT2D eigenvalue weighted by Gasteiger charge is 2.31. The lowest BCUT2D eigenvalue weighted by molar-refractivity contribution is -0.274. The number of hydrogen-bond acceptors (Lipinski definition) is 4. The SMILES string of the molecule is CN(C)CCCOc1cc(Cc2ccccc2)n(-c2ccc(OC(F)(F)F)cc2)n1. The summed E-state index contributed by atoms with van der Waals surface area (Å²) in [4.78, 5) is 2.08. The second-order valence-electron chi connectivity index (χ2n) is 7.10. The van der Waals surface area contributed by atoms with Crippen molar-refractivity contribution < 1.29 is 22.6 Å². The fraction of sp³-hybridized carbons (Fsp3) is 0.318. The molecule has 160 valence electrons. The topological polar surface area (TPSA) is 39.5 Å². The number of rotatable bonds is 9. The number of hydrogen-bond donors (Lipinski definition) is 0. The second kappa shape index (κ2) is 9.67. The molecule has 0 spiro atoms. The van der Waals surface area contributed by atoms with Gasteiger partial charge < -0.3 is 14.4 Å². The summed E-state index contributed by atoms with van der Waals surface area (Å²) in [6, 6.07) is 17.4. The maximum Gasteiger partial charge on any atom is 0.573 e. The first kappa shape index (κ1) is 21.7. The average molecular weight is 419 g/mol. The Hall–Kier alpha value is -3.00. The van der Waals surface area contributed by atoms with E-state index in [0.29, 0.717) is 24.6 Å². The Balaban J connectivity index is 1.81. The second-order valence-corrected chi connectivity index (χ2v) is 7.10. The molecule has 0 saturated carbocycles. The molecule has 8 heteroatoms. The van der Waals surface area contributed by atoms with Gasteiger partial charge in [0.2, 0.25) is 5.88 Å². The Bertz CT molecular complexity index is 923. The van der Waals surface area contributed by atoms with Crippen LogP contribution in [0.5, 0.6) is 11.6 Å². The van der Waals surface area contributed by atoms with E-state index in [1.165, 1.54) is 12.1 Å². The summed E-state index contributed by atoms with van der Waals surface area (Å²) in [6.07, 6.45) is -3.26. The lowest BCUT2D eigenvalue weighted by Crippen LogP contribution is -2.17. The first-order valence-electron chi connectivity index (χ1n) is 9.57. The first-order chi connectivity index (χ1) is 14.3. The molecule has 3 aromatic rings. The van der Waals surface area contributed by atoms with Crippen LogP contribution in [0.4, 0.5) is 13.2 Å². The zero-order chi connectivity index (χ0) is 21.6. The van der Waals surface area contributed by atoms with Gasteiger partial charge in [0.25, 0.3) is 0 Å². The molecule has 3 rings (SSSR count). The summed E-state index contributed by atoms with van der Waals surface area (Å²) in [5.74, 6) is 0.207. The van der Waals surface area contributed by atoms with E-state index in [9.17, 15) is 13.2 Å². The quantitative estimate of drug-likeness (QED) is 0.472. The Morgan fingerprint density at radius 1 is 1.00 bits per heavy atom. The molecule has 5 nitrogen and oxygen atoms in total. The fourth-order valence-corrected chi connectivity index (χ4v) is 2.97. The Kier molecular flexibility index (Phi) is 6.99. The van der Waals surface area contributed by atoms with Crippen molar-refractivity contribution in [1.82, 2.24) is 14.7 Å². The Morgan fingerprint density at radius 3 is 2.33 bits per heavy atom. The average Bonchev–Trinajstić information content (AvgIpc) is 3.08. The molecule has 0 atom stereocenters. The van der Waals surface area contributed by atoms with Gasteiger partial charge in [-0.2, -0.15) is 0 Å². The van der Waals surface area contributed by atoms with Gasteiger partial charge in [-0.3, -0.25) is 0 Å². The van der Waals surface area contributed by atoms with Crippen LogP contribution in [0.25, 0.3) is 5.69 Å². The third-order valence-electron chi connectivity index (χ3n) is 4.30. The molecular formula is C22H24F3N3O2. The van der Waals surface area contributed by atoms with E-state index < -0.39 is 6.36 Å². The molecule has 1 heterocycles. The summed E-state index contributed by atoms with van der Waals surface area (Å²) in [5, 5.41) is 4.52. The van der Waals surface area contributed by atoms with E-state index in [-0.39, 0.29) is 5.75 Å². The molecule has 0 bridgehead atoms. The van der Waals surface area contributed by atoms with Crippen molar-refractivity contribution in [2.75, 3.05) is 27.2 Å². The van der Waals surface area contributed by atoms with Crippen LogP contribution in [0, 0.1) is 0 Å². The summed E-state index contributed by atoms with van der Waals surface area (Å²) in [5.41, 5.74) is 2.58. The lowest BCUT2D eigenvalue weighted by atomic mass is 10.1. The van der Waals surface area contributed by atoms with Gasteiger partial charge in [0, 0.05) is 19.0 Å². The zero-order valence-electron chi connectivity index (χ0n) is 16.9. The Labute approximate surface area is 173 Å². The van der Waals surface area contributed by atoms with Gasteiger partial charge in [-0.05, 0) is 50.3 Å². The third-order valence-corrected chi connectivity index (χ3v) is 4.30. The number of nitrogens with zero attached hydrogens (tertiary/aromatic N) is 3. The molecule has 0 unspecified atom stereocenters. The van der Waals surface area contributed by atoms with E-state index in [4.69, 9.17) is 4.74 Å². The first-order valence-corrected chi connectivity index (χ1v) is 9.57. The molecule has 0 aliphatic carbocycles. The molecule has 0 aliphatic heterocycles. The van der Waals surface area contributed by atoms with E-state index in [1.54, 1.807) is 16.8 Å². The minimum absolute atomic E-state index is 0.275. The van der Waals surface area contributed by atoms with Crippen molar-refractivity contribution in [2.45, 2.75) is 19.2 Å². The number of benzene rings is 2. The van der Waals surface area contributed by atoms with Crippen LogP contribution >= 0.6 is 0 Å². The standard InChI is InChI=1S/C22H24F3N3O2/c1-27(2)13-6-14-29-21-16-19(15-17-7-4-3-5-8-17)28(26-21)18-9-11-20(12-10-18)30-22(23,24)25/h3-5,7-12,16H,6,13-15H2,1-2H3. The third kappa shape index (κ3) is 6.52. The summed E-state index contributed by atoms with van der Waals surface area (Å²) in [7, 11) is 4.00. The van der Waals surface area contributed by atoms with Gasteiger partial charge in [0.15, 0.2) is 0 Å². The number of halogens is 3. The smallest absolute Gasteiger partial charge is 0.477 e. The lowest BCUT2D eigenvalue weighted by Gasteiger charge is -2.11. The van der Waals surface area contributed by atoms with Gasteiger partial charge in [-0.15, -0.1) is 18.3 Å². The van der Waals surface area contributed by atoms with Gasteiger partial charge in [-0.1, -0.05) is 30.3 Å². The van der Waals surface area contributed by atoms with Crippen molar-refractivity contribution in [3.05, 3.63) is 71.9 Å². The van der Waals surface area contributed by atoms with Crippen LogP contribution in [-0.2, 0) is 6.42 Å². The van der Waals surface area contributed by atoms with Crippen LogP contribution in [-0.4, -0.2) is 48.3 Å². The van der Waals surface area contributed by atoms with Gasteiger partial charge in [-0.25, -0.2) is 4.68 Å². The van der Waals surface area contributed by atoms with Crippen molar-refractivity contribution in [1.29, 1.82) is 0 Å². The highest BCUT2D eigenvalue weighted by Crippen LogP contribution is 2.25. The normalized spacial score (nSPS) is 11.7. The van der Waals surface area contributed by atoms with Gasteiger partial charge in [0.05, 0.1) is 18.0 Å². The number of aromatic nitrogens is 2. The molecule has 0 fully saturated rings. The van der Waals surface area contributed by atoms with Gasteiger partial charge >= 0.3 is 6.36 Å². The molecule has 30 heavy (non-hydrogen) atoms. The van der Waals surface area contributed by atoms with E-state index >= 15 is 0 Å². The maximum atomic E-state index is 12.4. The summed E-state index contributed by atoms with van der Waals surface area (Å²) >= 11 is 0. The molecule has 0 aliphatic rings. The number of ether oxygens (including phenoxy) is 2. The van der Waals surface area contributed by atoms with Crippen molar-refractivity contribution in [3.8, 4) is 17.3 Å². The molecule has 0 radical (unpaired) electrons. The van der Waals surface area contributed by atoms with Crippen molar-refractivity contribution in [2.24, 2.45) is 0 Å². The fourth-order valence-electron chi connectivity index (χ4n) is 2.97. The van der Waals surface area contributed by atoms with Crippen LogP contribution in [0.2, 0.25) is 0 Å². The molecule has 1 aromatic heterocycles. The predicted octanol–water partition coefficient (Wildman–Crippen LogP) is 4.69. The van der Waals surface area contributed by atoms with E-state index in [1.807, 2.05) is 50.5 Å². The highest BCUT2D eigenvalue weighted by molar-refractivity contribution is 5.40. The highest BCUT2D eigenvalue weighted by atomic mass is 19.4. The minimum Gasteiger partial charge on any atom is -0.477 e. The molecular weight excluding hydrogens is 395 g/mol. The minimum atomic E-state index is -4.72. The molecule has 0 amide bonds. The molecule has 2 aromatic carbocycles. The van der Waals surface area contributed by atoms with Crippen molar-refractivity contribution >= 4 is 0 Å². The largest absolute Gasteiger partial charge is 0.573 e. The molecule has 0 saturated heterocycles. The van der Waals surface area contributed by atoms with Crippen LogP contribution in [0.3, 0.4) is 0 Å². The maximum absolute atomic E-state index is 12.4. The van der Waals surface area contributed by atoms with Crippen molar-refractivity contribution in [3.63, 3.8) is 0 Å². The predicted molar refractivity (Wildman–Crippen MR) is 108 cm³/mol.